The van der Waals surface area contributed by atoms with E-state index in [0.717, 1.165) is 63.1 Å². The summed E-state index contributed by atoms with van der Waals surface area (Å²) in [6.45, 7) is 11.1. The summed E-state index contributed by atoms with van der Waals surface area (Å²) in [5, 5.41) is 13.6. The van der Waals surface area contributed by atoms with Crippen LogP contribution in [0.25, 0.3) is 0 Å². The number of anilines is 1. The number of hydrogen-bond donors (Lipinski definition) is 1. The minimum absolute atomic E-state index is 0.0368. The van der Waals surface area contributed by atoms with Gasteiger partial charge in [0.1, 0.15) is 6.07 Å². The lowest BCUT2D eigenvalue weighted by atomic mass is 10.1. The van der Waals surface area contributed by atoms with Crippen LogP contribution in [0.2, 0.25) is 5.02 Å². The van der Waals surface area contributed by atoms with Crippen LogP contribution in [0, 0.1) is 11.3 Å². The zero-order valence-electron chi connectivity index (χ0n) is 16.7. The van der Waals surface area contributed by atoms with E-state index in [9.17, 15) is 10.1 Å². The van der Waals surface area contributed by atoms with Crippen LogP contribution in [0.3, 0.4) is 0 Å². The molecule has 0 spiro atoms. The normalized spacial score (nSPS) is 20.8. The second-order valence-electron chi connectivity index (χ2n) is 8.21. The van der Waals surface area contributed by atoms with Crippen molar-refractivity contribution in [2.75, 3.05) is 57.7 Å². The maximum absolute atomic E-state index is 11.6. The average Bonchev–Trinajstić information content (AvgIpc) is 3.53. The van der Waals surface area contributed by atoms with E-state index in [-0.39, 0.29) is 5.91 Å². The van der Waals surface area contributed by atoms with Gasteiger partial charge >= 0.3 is 0 Å². The van der Waals surface area contributed by atoms with Gasteiger partial charge in [-0.2, -0.15) is 5.26 Å². The van der Waals surface area contributed by atoms with Crippen LogP contribution < -0.4 is 5.32 Å². The third kappa shape index (κ3) is 4.58. The molecule has 1 aliphatic carbocycles. The van der Waals surface area contributed by atoms with E-state index in [2.05, 4.69) is 33.8 Å². The molecule has 0 bridgehead atoms. The Morgan fingerprint density at radius 2 is 2.00 bits per heavy atom. The molecule has 154 valence electrons. The monoisotopic (exact) mass is 413 g/mol. The maximum Gasteiger partial charge on any atom is 0.246 e. The predicted octanol–water partition coefficient (Wildman–Crippen LogP) is 2.52. The van der Waals surface area contributed by atoms with Crippen molar-refractivity contribution in [1.82, 2.24) is 14.7 Å². The first-order valence-electron chi connectivity index (χ1n) is 10.4. The third-order valence-corrected chi connectivity index (χ3v) is 6.62. The van der Waals surface area contributed by atoms with Crippen molar-refractivity contribution in [3.8, 4) is 6.07 Å². The summed E-state index contributed by atoms with van der Waals surface area (Å²) in [7, 11) is 0. The van der Waals surface area contributed by atoms with Crippen molar-refractivity contribution in [1.29, 1.82) is 5.26 Å². The molecule has 0 aromatic heterocycles. The smallest absolute Gasteiger partial charge is 0.246 e. The molecule has 0 atom stereocenters. The molecule has 1 aromatic rings. The minimum Gasteiger partial charge on any atom is -0.383 e. The Labute approximate surface area is 177 Å². The second-order valence-corrected chi connectivity index (χ2v) is 8.62. The standard InChI is InChI=1S/C22H28ClN5O/c1-2-22(29)28-14-18(15-28)27-9-7-26(8-10-27)6-5-25-21-12-19(16-3-4-16)20(23)11-17(21)13-24/h2,11-12,16,18,25H,1,3-10,14-15H2. The van der Waals surface area contributed by atoms with Gasteiger partial charge in [-0.25, -0.2) is 0 Å². The van der Waals surface area contributed by atoms with E-state index in [1.165, 1.54) is 24.5 Å². The SMILES string of the molecule is C=CC(=O)N1CC(N2CCN(CCNc3cc(C4CC4)c(Cl)cc3C#N)CC2)C1. The highest BCUT2D eigenvalue weighted by atomic mass is 35.5. The number of piperazine rings is 1. The fraction of sp³-hybridized carbons (Fsp3) is 0.545. The molecule has 2 aliphatic heterocycles. The number of rotatable bonds is 7. The molecule has 0 unspecified atom stereocenters. The zero-order valence-corrected chi connectivity index (χ0v) is 17.5. The van der Waals surface area contributed by atoms with Crippen molar-refractivity contribution in [3.63, 3.8) is 0 Å². The van der Waals surface area contributed by atoms with Gasteiger partial charge in [0, 0.05) is 63.4 Å². The Morgan fingerprint density at radius 1 is 1.28 bits per heavy atom. The predicted molar refractivity (Wildman–Crippen MR) is 115 cm³/mol. The number of nitriles is 1. The first-order valence-corrected chi connectivity index (χ1v) is 10.8. The largest absolute Gasteiger partial charge is 0.383 e. The summed E-state index contributed by atoms with van der Waals surface area (Å²) < 4.78 is 0. The molecule has 29 heavy (non-hydrogen) atoms. The Balaban J connectivity index is 1.22. The van der Waals surface area contributed by atoms with Gasteiger partial charge in [-0.05, 0) is 42.5 Å². The van der Waals surface area contributed by atoms with Gasteiger partial charge in [-0.15, -0.1) is 0 Å². The molecule has 0 radical (unpaired) electrons. The molecule has 2 heterocycles. The van der Waals surface area contributed by atoms with Crippen LogP contribution in [0.15, 0.2) is 24.8 Å². The number of benzene rings is 1. The van der Waals surface area contributed by atoms with Crippen molar-refractivity contribution in [2.24, 2.45) is 0 Å². The van der Waals surface area contributed by atoms with Gasteiger partial charge in [0.25, 0.3) is 0 Å². The number of hydrogen-bond acceptors (Lipinski definition) is 5. The van der Waals surface area contributed by atoms with E-state index in [1.54, 1.807) is 6.07 Å². The van der Waals surface area contributed by atoms with Crippen LogP contribution in [0.5, 0.6) is 0 Å². The first-order chi connectivity index (χ1) is 14.1. The number of amides is 1. The van der Waals surface area contributed by atoms with Crippen LogP contribution >= 0.6 is 11.6 Å². The van der Waals surface area contributed by atoms with Crippen LogP contribution in [0.1, 0.15) is 29.9 Å². The van der Waals surface area contributed by atoms with E-state index in [4.69, 9.17) is 11.6 Å². The van der Waals surface area contributed by atoms with Crippen molar-refractivity contribution in [3.05, 3.63) is 40.9 Å². The molecular formula is C22H28ClN5O. The molecule has 4 rings (SSSR count). The minimum atomic E-state index is 0.0368. The Morgan fingerprint density at radius 3 is 2.62 bits per heavy atom. The van der Waals surface area contributed by atoms with Crippen molar-refractivity contribution in [2.45, 2.75) is 24.8 Å². The van der Waals surface area contributed by atoms with E-state index >= 15 is 0 Å². The lowest BCUT2D eigenvalue weighted by molar-refractivity contribution is -0.133. The van der Waals surface area contributed by atoms with Gasteiger partial charge in [0.05, 0.1) is 11.3 Å². The topological polar surface area (TPSA) is 62.6 Å². The van der Waals surface area contributed by atoms with Gasteiger partial charge in [-0.3, -0.25) is 14.6 Å². The van der Waals surface area contributed by atoms with Gasteiger partial charge in [0.15, 0.2) is 0 Å². The quantitative estimate of drug-likeness (QED) is 0.696. The Bertz CT molecular complexity index is 817. The molecule has 2 saturated heterocycles. The molecule has 1 amide bonds. The van der Waals surface area contributed by atoms with E-state index in [1.807, 2.05) is 4.90 Å². The lowest BCUT2D eigenvalue weighted by Crippen LogP contribution is -2.64. The van der Waals surface area contributed by atoms with Gasteiger partial charge < -0.3 is 10.2 Å². The van der Waals surface area contributed by atoms with Crippen molar-refractivity contribution < 1.29 is 4.79 Å². The van der Waals surface area contributed by atoms with Gasteiger partial charge in [-0.1, -0.05) is 18.2 Å². The average molecular weight is 414 g/mol. The Hall–Kier alpha value is -2.07. The molecule has 7 heteroatoms. The highest BCUT2D eigenvalue weighted by molar-refractivity contribution is 6.31. The van der Waals surface area contributed by atoms with Gasteiger partial charge in [0.2, 0.25) is 5.91 Å². The van der Waals surface area contributed by atoms with E-state index < -0.39 is 0 Å². The molecule has 1 N–H and O–H groups in total. The highest BCUT2D eigenvalue weighted by Gasteiger charge is 2.35. The Kier molecular flexibility index (Phi) is 6.09. The lowest BCUT2D eigenvalue weighted by Gasteiger charge is -2.47. The fourth-order valence-electron chi connectivity index (χ4n) is 4.23. The summed E-state index contributed by atoms with van der Waals surface area (Å²) >= 11 is 6.34. The molecule has 3 aliphatic rings. The number of nitrogens with zero attached hydrogens (tertiary/aromatic N) is 4. The van der Waals surface area contributed by atoms with Crippen molar-refractivity contribution >= 4 is 23.2 Å². The molecular weight excluding hydrogens is 386 g/mol. The fourth-order valence-corrected chi connectivity index (χ4v) is 4.55. The number of carbonyl (C=O) groups excluding carboxylic acids is 1. The second kappa shape index (κ2) is 8.74. The maximum atomic E-state index is 11.6. The summed E-state index contributed by atoms with van der Waals surface area (Å²) in [6, 6.07) is 6.62. The number of likely N-dealkylation sites (tertiary alicyclic amines) is 1. The van der Waals surface area contributed by atoms with Crippen LogP contribution in [-0.2, 0) is 4.79 Å². The third-order valence-electron chi connectivity index (χ3n) is 6.29. The number of halogens is 1. The summed E-state index contributed by atoms with van der Waals surface area (Å²) in [5.41, 5.74) is 2.69. The summed E-state index contributed by atoms with van der Waals surface area (Å²) in [4.78, 5) is 18.4. The number of nitrogens with one attached hydrogen (secondary N) is 1. The van der Waals surface area contributed by atoms with Crippen LogP contribution in [-0.4, -0.2) is 79.0 Å². The zero-order chi connectivity index (χ0) is 20.4. The van der Waals surface area contributed by atoms with E-state index in [0.29, 0.717) is 17.5 Å². The summed E-state index contributed by atoms with van der Waals surface area (Å²) in [6.07, 6.45) is 3.78. The first kappa shape index (κ1) is 20.2. The highest BCUT2D eigenvalue weighted by Crippen LogP contribution is 2.44. The molecule has 6 nitrogen and oxygen atoms in total. The summed E-state index contributed by atoms with van der Waals surface area (Å²) in [5.74, 6) is 0.600. The number of carbonyl (C=O) groups is 1. The molecule has 3 fully saturated rings. The molecule has 1 saturated carbocycles. The van der Waals surface area contributed by atoms with Crippen LogP contribution in [0.4, 0.5) is 5.69 Å². The molecule has 1 aromatic carbocycles.